The number of anilines is 1. The highest BCUT2D eigenvalue weighted by Crippen LogP contribution is 2.24. The van der Waals surface area contributed by atoms with Crippen LogP contribution >= 0.6 is 0 Å². The van der Waals surface area contributed by atoms with E-state index in [-0.39, 0.29) is 12.4 Å². The van der Waals surface area contributed by atoms with Crippen LogP contribution in [0.15, 0.2) is 54.7 Å². The van der Waals surface area contributed by atoms with Gasteiger partial charge in [0, 0.05) is 22.8 Å². The number of ether oxygens (including phenoxy) is 1. The van der Waals surface area contributed by atoms with Crippen LogP contribution in [0.3, 0.4) is 0 Å². The molecule has 0 spiro atoms. The molecule has 0 amide bonds. The number of nitrogen functional groups attached to an aromatic ring is 1. The Morgan fingerprint density at radius 1 is 1.10 bits per heavy atom. The van der Waals surface area contributed by atoms with Crippen molar-refractivity contribution in [3.05, 3.63) is 66.1 Å². The van der Waals surface area contributed by atoms with Gasteiger partial charge in [-0.25, -0.2) is 4.39 Å². The lowest BCUT2D eigenvalue weighted by atomic mass is 10.2. The second-order valence-corrected chi connectivity index (χ2v) is 4.46. The molecule has 0 saturated heterocycles. The van der Waals surface area contributed by atoms with E-state index in [0.29, 0.717) is 17.0 Å². The first kappa shape index (κ1) is 12.4. The number of halogens is 1. The third-order valence-corrected chi connectivity index (χ3v) is 3.08. The largest absolute Gasteiger partial charge is 0.487 e. The monoisotopic (exact) mass is 268 g/mol. The lowest BCUT2D eigenvalue weighted by molar-refractivity contribution is 0.309. The molecule has 0 bridgehead atoms. The zero-order chi connectivity index (χ0) is 13.9. The zero-order valence-electron chi connectivity index (χ0n) is 10.7. The standard InChI is InChI=1S/C16H13FN2O/c17-13-6-7-14(18)12(9-13)10-20-15-5-1-3-11-4-2-8-19-16(11)15/h1-9H,10,18H2. The molecule has 0 saturated carbocycles. The van der Waals surface area contributed by atoms with Gasteiger partial charge in [-0.3, -0.25) is 4.98 Å². The molecule has 3 nitrogen and oxygen atoms in total. The number of hydrogen-bond acceptors (Lipinski definition) is 3. The van der Waals surface area contributed by atoms with Gasteiger partial charge in [0.1, 0.15) is 23.7 Å². The Morgan fingerprint density at radius 2 is 1.95 bits per heavy atom. The van der Waals surface area contributed by atoms with Crippen LogP contribution in [-0.4, -0.2) is 4.98 Å². The molecule has 1 heterocycles. The Hall–Kier alpha value is -2.62. The van der Waals surface area contributed by atoms with E-state index in [1.54, 1.807) is 6.20 Å². The molecule has 0 aliphatic rings. The van der Waals surface area contributed by atoms with Crippen molar-refractivity contribution in [3.8, 4) is 5.75 Å². The summed E-state index contributed by atoms with van der Waals surface area (Å²) in [5, 5.41) is 0.997. The molecule has 0 fully saturated rings. The number of hydrogen-bond donors (Lipinski definition) is 1. The van der Waals surface area contributed by atoms with Crippen LogP contribution in [0, 0.1) is 5.82 Å². The fraction of sp³-hybridized carbons (Fsp3) is 0.0625. The Bertz CT molecular complexity index is 753. The van der Waals surface area contributed by atoms with E-state index in [9.17, 15) is 4.39 Å². The van der Waals surface area contributed by atoms with Crippen molar-refractivity contribution in [2.24, 2.45) is 0 Å². The van der Waals surface area contributed by atoms with Crippen LogP contribution in [0.4, 0.5) is 10.1 Å². The van der Waals surface area contributed by atoms with Gasteiger partial charge in [0.2, 0.25) is 0 Å². The maximum absolute atomic E-state index is 13.2. The molecule has 2 N–H and O–H groups in total. The maximum Gasteiger partial charge on any atom is 0.146 e. The summed E-state index contributed by atoms with van der Waals surface area (Å²) < 4.78 is 18.9. The Morgan fingerprint density at radius 3 is 2.85 bits per heavy atom. The summed E-state index contributed by atoms with van der Waals surface area (Å²) >= 11 is 0. The van der Waals surface area contributed by atoms with E-state index in [0.717, 1.165) is 10.9 Å². The number of benzene rings is 2. The third kappa shape index (κ3) is 2.40. The summed E-state index contributed by atoms with van der Waals surface area (Å²) in [7, 11) is 0. The normalized spacial score (nSPS) is 10.7. The highest BCUT2D eigenvalue weighted by atomic mass is 19.1. The van der Waals surface area contributed by atoms with Gasteiger partial charge in [-0.15, -0.1) is 0 Å². The fourth-order valence-corrected chi connectivity index (χ4v) is 2.05. The van der Waals surface area contributed by atoms with Crippen LogP contribution < -0.4 is 10.5 Å². The highest BCUT2D eigenvalue weighted by Gasteiger charge is 2.06. The lowest BCUT2D eigenvalue weighted by Gasteiger charge is -2.10. The maximum atomic E-state index is 13.2. The molecule has 0 unspecified atom stereocenters. The van der Waals surface area contributed by atoms with E-state index >= 15 is 0 Å². The van der Waals surface area contributed by atoms with Gasteiger partial charge in [-0.05, 0) is 30.3 Å². The summed E-state index contributed by atoms with van der Waals surface area (Å²) in [6.07, 6.45) is 1.71. The minimum Gasteiger partial charge on any atom is -0.487 e. The molecular weight excluding hydrogens is 255 g/mol. The molecule has 0 aliphatic heterocycles. The van der Waals surface area contributed by atoms with Crippen molar-refractivity contribution < 1.29 is 9.13 Å². The molecule has 20 heavy (non-hydrogen) atoms. The van der Waals surface area contributed by atoms with Crippen LogP contribution in [0.5, 0.6) is 5.75 Å². The Kier molecular flexibility index (Phi) is 3.21. The summed E-state index contributed by atoms with van der Waals surface area (Å²) in [6, 6.07) is 13.8. The average molecular weight is 268 g/mol. The predicted octanol–water partition coefficient (Wildman–Crippen LogP) is 3.54. The second-order valence-electron chi connectivity index (χ2n) is 4.46. The molecule has 100 valence electrons. The molecule has 3 aromatic rings. The first-order chi connectivity index (χ1) is 9.74. The topological polar surface area (TPSA) is 48.1 Å². The van der Waals surface area contributed by atoms with Gasteiger partial charge in [-0.1, -0.05) is 18.2 Å². The van der Waals surface area contributed by atoms with Crippen LogP contribution in [0.1, 0.15) is 5.56 Å². The Labute approximate surface area is 115 Å². The van der Waals surface area contributed by atoms with Crippen LogP contribution in [0.25, 0.3) is 10.9 Å². The number of rotatable bonds is 3. The second kappa shape index (κ2) is 5.17. The van der Waals surface area contributed by atoms with Crippen molar-refractivity contribution in [2.45, 2.75) is 6.61 Å². The fourth-order valence-electron chi connectivity index (χ4n) is 2.05. The van der Waals surface area contributed by atoms with Crippen LogP contribution in [-0.2, 0) is 6.61 Å². The van der Waals surface area contributed by atoms with Gasteiger partial charge in [-0.2, -0.15) is 0 Å². The number of pyridine rings is 1. The molecule has 4 heteroatoms. The van der Waals surface area contributed by atoms with Gasteiger partial charge in [0.05, 0.1) is 0 Å². The highest BCUT2D eigenvalue weighted by molar-refractivity contribution is 5.84. The van der Waals surface area contributed by atoms with Gasteiger partial charge in [0.25, 0.3) is 0 Å². The molecular formula is C16H13FN2O. The number of nitrogens with zero attached hydrogens (tertiary/aromatic N) is 1. The molecule has 1 aromatic heterocycles. The number of para-hydroxylation sites is 1. The zero-order valence-corrected chi connectivity index (χ0v) is 10.7. The van der Waals surface area contributed by atoms with E-state index in [2.05, 4.69) is 4.98 Å². The van der Waals surface area contributed by atoms with E-state index in [4.69, 9.17) is 10.5 Å². The summed E-state index contributed by atoms with van der Waals surface area (Å²) in [6.45, 7) is 0.208. The third-order valence-electron chi connectivity index (χ3n) is 3.08. The molecule has 3 rings (SSSR count). The van der Waals surface area contributed by atoms with Crippen LogP contribution in [0.2, 0.25) is 0 Å². The first-order valence-electron chi connectivity index (χ1n) is 6.24. The molecule has 2 aromatic carbocycles. The SMILES string of the molecule is Nc1ccc(F)cc1COc1cccc2cccnc12. The van der Waals surface area contributed by atoms with Crippen molar-refractivity contribution in [1.29, 1.82) is 0 Å². The molecule has 0 atom stereocenters. The van der Waals surface area contributed by atoms with Crippen molar-refractivity contribution in [3.63, 3.8) is 0 Å². The first-order valence-corrected chi connectivity index (χ1v) is 6.24. The van der Waals surface area contributed by atoms with Gasteiger partial charge in [0.15, 0.2) is 0 Å². The minimum atomic E-state index is -0.325. The van der Waals surface area contributed by atoms with Gasteiger partial charge >= 0.3 is 0 Å². The predicted molar refractivity (Wildman–Crippen MR) is 76.9 cm³/mol. The summed E-state index contributed by atoms with van der Waals surface area (Å²) in [5.41, 5.74) is 7.72. The molecule has 0 radical (unpaired) electrons. The van der Waals surface area contributed by atoms with Crippen molar-refractivity contribution >= 4 is 16.6 Å². The minimum absolute atomic E-state index is 0.208. The average Bonchev–Trinajstić information content (AvgIpc) is 2.48. The van der Waals surface area contributed by atoms with E-state index in [1.807, 2.05) is 30.3 Å². The number of nitrogens with two attached hydrogens (primary N) is 1. The van der Waals surface area contributed by atoms with Crippen molar-refractivity contribution in [1.82, 2.24) is 4.98 Å². The molecule has 0 aliphatic carbocycles. The summed E-state index contributed by atoms with van der Waals surface area (Å²) in [5.74, 6) is 0.334. The number of fused-ring (bicyclic) bond motifs is 1. The van der Waals surface area contributed by atoms with Crippen molar-refractivity contribution in [2.75, 3.05) is 5.73 Å². The van der Waals surface area contributed by atoms with E-state index in [1.165, 1.54) is 18.2 Å². The summed E-state index contributed by atoms with van der Waals surface area (Å²) in [4.78, 5) is 4.30. The quantitative estimate of drug-likeness (QED) is 0.739. The van der Waals surface area contributed by atoms with E-state index < -0.39 is 0 Å². The number of aromatic nitrogens is 1. The Balaban J connectivity index is 1.89. The van der Waals surface area contributed by atoms with Gasteiger partial charge < -0.3 is 10.5 Å². The smallest absolute Gasteiger partial charge is 0.146 e. The lowest BCUT2D eigenvalue weighted by Crippen LogP contribution is -2.01.